The van der Waals surface area contributed by atoms with Gasteiger partial charge >= 0.3 is 0 Å². The molecular formula is C38H44F2N12O4. The van der Waals surface area contributed by atoms with Crippen LogP contribution in [0.5, 0.6) is 0 Å². The third kappa shape index (κ3) is 6.68. The lowest BCUT2D eigenvalue weighted by atomic mass is 9.81. The number of halogens is 2. The van der Waals surface area contributed by atoms with E-state index in [1.807, 2.05) is 25.2 Å². The summed E-state index contributed by atoms with van der Waals surface area (Å²) in [7, 11) is 3.81. The number of alkyl halides is 2. The highest BCUT2D eigenvalue weighted by Crippen LogP contribution is 2.47. The van der Waals surface area contributed by atoms with Crippen molar-refractivity contribution in [3.8, 4) is 6.07 Å². The van der Waals surface area contributed by atoms with Gasteiger partial charge in [-0.25, -0.2) is 18.3 Å². The van der Waals surface area contributed by atoms with Gasteiger partial charge in [-0.1, -0.05) is 6.07 Å². The minimum Gasteiger partial charge on any atom is -0.370 e. The van der Waals surface area contributed by atoms with Gasteiger partial charge in [-0.05, 0) is 76.1 Å². The van der Waals surface area contributed by atoms with Crippen molar-refractivity contribution in [3.63, 3.8) is 0 Å². The second-order valence-corrected chi connectivity index (χ2v) is 15.1. The molecule has 0 radical (unpaired) electrons. The number of rotatable bonds is 9. The van der Waals surface area contributed by atoms with E-state index in [1.165, 1.54) is 27.8 Å². The first-order valence-electron chi connectivity index (χ1n) is 19.0. The van der Waals surface area contributed by atoms with E-state index in [1.54, 1.807) is 29.1 Å². The summed E-state index contributed by atoms with van der Waals surface area (Å²) < 4.78 is 31.2. The van der Waals surface area contributed by atoms with Crippen molar-refractivity contribution in [2.75, 3.05) is 47.2 Å². The number of piperidine rings is 2. The molecule has 1 saturated carbocycles. The van der Waals surface area contributed by atoms with Gasteiger partial charge in [-0.3, -0.25) is 29.3 Å². The summed E-state index contributed by atoms with van der Waals surface area (Å²) in [5.41, 5.74) is 2.45. The summed E-state index contributed by atoms with van der Waals surface area (Å²) in [5.74, 6) is -1.23. The van der Waals surface area contributed by atoms with Crippen LogP contribution in [-0.4, -0.2) is 104 Å². The molecule has 4 aromatic rings. The Bertz CT molecular complexity index is 2170. The number of anilines is 4. The maximum atomic E-state index is 14.1. The molecule has 2 unspecified atom stereocenters. The first kappa shape index (κ1) is 37.3. The van der Waals surface area contributed by atoms with Crippen LogP contribution in [0.15, 0.2) is 49.1 Å². The summed E-state index contributed by atoms with van der Waals surface area (Å²) in [6, 6.07) is 9.11. The number of hydrogen-bond donors (Lipinski definition) is 3. The predicted molar refractivity (Wildman–Crippen MR) is 201 cm³/mol. The molecule has 4 aliphatic rings. The Labute approximate surface area is 321 Å². The molecule has 56 heavy (non-hydrogen) atoms. The number of aromatic nitrogens is 5. The first-order valence-corrected chi connectivity index (χ1v) is 19.0. The molecule has 18 heteroatoms. The summed E-state index contributed by atoms with van der Waals surface area (Å²) in [6.07, 6.45) is 6.95. The van der Waals surface area contributed by atoms with Gasteiger partial charge in [-0.2, -0.15) is 15.5 Å². The molecule has 294 valence electrons. The summed E-state index contributed by atoms with van der Waals surface area (Å²) in [6.45, 7) is 1.47. The Morgan fingerprint density at radius 3 is 2.55 bits per heavy atom. The summed E-state index contributed by atoms with van der Waals surface area (Å²) in [4.78, 5) is 49.8. The zero-order valence-electron chi connectivity index (χ0n) is 31.1. The molecule has 3 atom stereocenters. The van der Waals surface area contributed by atoms with Gasteiger partial charge in [-0.15, -0.1) is 0 Å². The largest absolute Gasteiger partial charge is 0.370 e. The van der Waals surface area contributed by atoms with Gasteiger partial charge in [0.2, 0.25) is 18.2 Å². The molecule has 6 heterocycles. The Morgan fingerprint density at radius 1 is 1.09 bits per heavy atom. The van der Waals surface area contributed by atoms with E-state index in [9.17, 15) is 33.5 Å². The molecule has 3 N–H and O–H groups in total. The lowest BCUT2D eigenvalue weighted by Gasteiger charge is -2.42. The van der Waals surface area contributed by atoms with Gasteiger partial charge in [0.05, 0.1) is 41.1 Å². The number of aliphatic hydroxyl groups is 1. The van der Waals surface area contributed by atoms with Crippen LogP contribution in [-0.2, 0) is 9.59 Å². The highest BCUT2D eigenvalue weighted by atomic mass is 19.3. The number of hydrogen-bond acceptors (Lipinski definition) is 12. The van der Waals surface area contributed by atoms with Crippen molar-refractivity contribution in [1.82, 2.24) is 34.6 Å². The quantitative estimate of drug-likeness (QED) is 0.211. The fraction of sp³-hybridized carbons (Fsp3) is 0.500. The minimum absolute atomic E-state index is 0.0571. The van der Waals surface area contributed by atoms with E-state index in [4.69, 9.17) is 0 Å². The maximum Gasteiger partial charge on any atom is 0.284 e. The minimum atomic E-state index is -2.89. The lowest BCUT2D eigenvalue weighted by molar-refractivity contribution is -0.134. The van der Waals surface area contributed by atoms with Crippen LogP contribution < -0.4 is 25.3 Å². The van der Waals surface area contributed by atoms with E-state index >= 15 is 0 Å². The molecule has 3 fully saturated rings. The molecule has 1 aromatic carbocycles. The SMILES string of the molecule is CN1c2c(N3CCC(N(C)[C@@H](C#N)[C@H]4CC[C@H](n5cc(NC(=O)c6cnn7cccnc67)c(C(F)F)n5)CC4)CC3)cccc2N(C2CCC(=O)NC2=O)C1O. The van der Waals surface area contributed by atoms with Crippen molar-refractivity contribution in [1.29, 1.82) is 5.26 Å². The van der Waals surface area contributed by atoms with Crippen LogP contribution in [0.25, 0.3) is 5.65 Å². The van der Waals surface area contributed by atoms with Crippen molar-refractivity contribution in [2.24, 2.45) is 5.92 Å². The Hall–Kier alpha value is -5.67. The van der Waals surface area contributed by atoms with Gasteiger partial charge in [0.25, 0.3) is 12.3 Å². The highest BCUT2D eigenvalue weighted by molar-refractivity contribution is 6.08. The van der Waals surface area contributed by atoms with Crippen molar-refractivity contribution in [3.05, 3.63) is 60.3 Å². The average Bonchev–Trinajstić information content (AvgIpc) is 3.90. The molecule has 1 aliphatic carbocycles. The second-order valence-electron chi connectivity index (χ2n) is 15.1. The van der Waals surface area contributed by atoms with E-state index < -0.39 is 36.3 Å². The number of nitrogens with one attached hydrogen (secondary N) is 2. The normalized spacial score (nSPS) is 23.8. The molecule has 8 rings (SSSR count). The van der Waals surface area contributed by atoms with Gasteiger partial charge < -0.3 is 25.1 Å². The van der Waals surface area contributed by atoms with E-state index in [-0.39, 0.29) is 47.6 Å². The van der Waals surface area contributed by atoms with Crippen LogP contribution >= 0.6 is 0 Å². The number of aliphatic hydroxyl groups excluding tert-OH is 1. The van der Waals surface area contributed by atoms with Crippen LogP contribution in [0.4, 0.5) is 31.5 Å². The Balaban J connectivity index is 0.888. The van der Waals surface area contributed by atoms with Crippen LogP contribution in [0.2, 0.25) is 0 Å². The van der Waals surface area contributed by atoms with Crippen LogP contribution in [0.1, 0.15) is 79.9 Å². The third-order valence-electron chi connectivity index (χ3n) is 12.0. The van der Waals surface area contributed by atoms with Crippen molar-refractivity contribution < 1.29 is 28.3 Å². The number of nitriles is 1. The van der Waals surface area contributed by atoms with Crippen molar-refractivity contribution >= 4 is 46.1 Å². The molecular weight excluding hydrogens is 726 g/mol. The Kier molecular flexibility index (Phi) is 10.1. The smallest absolute Gasteiger partial charge is 0.284 e. The Morgan fingerprint density at radius 2 is 1.84 bits per heavy atom. The number of carbonyl (C=O) groups is 3. The summed E-state index contributed by atoms with van der Waals surface area (Å²) >= 11 is 0. The van der Waals surface area contributed by atoms with Crippen LogP contribution in [0, 0.1) is 17.2 Å². The number of imide groups is 1. The number of para-hydroxylation sites is 1. The zero-order chi connectivity index (χ0) is 39.2. The molecule has 3 aromatic heterocycles. The zero-order valence-corrected chi connectivity index (χ0v) is 31.1. The fourth-order valence-corrected chi connectivity index (χ4v) is 9.03. The van der Waals surface area contributed by atoms with Gasteiger partial charge in [0.1, 0.15) is 17.6 Å². The first-order chi connectivity index (χ1) is 27.0. The standard InChI is InChI=1S/C38H44F2N12O4/c1-47(23-13-17-49(18-14-23)27-5-3-6-28-33(27)48(2)38(56)52(28)29-11-12-31(53)45-37(29)55)30(19-41)22-7-9-24(10-8-22)51-21-26(32(46-51)34(39)40)44-36(54)25-20-43-50-16-4-15-42-35(25)50/h3-6,15-16,20-24,29-30,34,38,56H,7-14,17-18H2,1-2H3,(H,44,54)(H,45,53,55)/t22-,24-,29?,30-,38?/m0/s1. The number of fused-ring (bicyclic) bond motifs is 2. The van der Waals surface area contributed by atoms with E-state index in [2.05, 4.69) is 41.7 Å². The molecule has 16 nitrogen and oxygen atoms in total. The van der Waals surface area contributed by atoms with E-state index in [0.29, 0.717) is 24.9 Å². The number of carbonyl (C=O) groups excluding carboxylic acids is 3. The molecule has 0 spiro atoms. The topological polar surface area (TPSA) is 180 Å². The molecule has 3 amide bonds. The van der Waals surface area contributed by atoms with E-state index in [0.717, 1.165) is 55.8 Å². The molecule has 3 aliphatic heterocycles. The monoisotopic (exact) mass is 770 g/mol. The average molecular weight is 771 g/mol. The summed E-state index contributed by atoms with van der Waals surface area (Å²) in [5, 5.41) is 35.0. The van der Waals surface area contributed by atoms with Crippen molar-refractivity contribution in [2.45, 2.75) is 88.3 Å². The lowest BCUT2D eigenvalue weighted by Crippen LogP contribution is -2.56. The maximum absolute atomic E-state index is 14.1. The number of benzene rings is 1. The fourth-order valence-electron chi connectivity index (χ4n) is 9.03. The van der Waals surface area contributed by atoms with Crippen LogP contribution in [0.3, 0.4) is 0 Å². The number of nitrogens with zero attached hydrogens (tertiary/aromatic N) is 10. The molecule has 0 bridgehead atoms. The number of amides is 3. The predicted octanol–water partition coefficient (Wildman–Crippen LogP) is 3.68. The molecule has 2 saturated heterocycles. The van der Waals surface area contributed by atoms with Gasteiger partial charge in [0.15, 0.2) is 11.3 Å². The second kappa shape index (κ2) is 15.1. The highest BCUT2D eigenvalue weighted by Gasteiger charge is 2.44. The van der Waals surface area contributed by atoms with Gasteiger partial charge in [0, 0.05) is 51.2 Å². The third-order valence-corrected chi connectivity index (χ3v) is 12.0.